The molecule has 4 unspecified atom stereocenters. The zero-order valence-electron chi connectivity index (χ0n) is 8.22. The van der Waals surface area contributed by atoms with Crippen LogP contribution < -0.4 is 0 Å². The highest BCUT2D eigenvalue weighted by molar-refractivity contribution is 5.72. The summed E-state index contributed by atoms with van der Waals surface area (Å²) < 4.78 is 0. The van der Waals surface area contributed by atoms with E-state index in [9.17, 15) is 14.7 Å². The van der Waals surface area contributed by atoms with E-state index < -0.39 is 49.2 Å². The number of carboxylic acid groups (broad SMARTS) is 2. The summed E-state index contributed by atoms with van der Waals surface area (Å²) >= 11 is 0. The van der Waals surface area contributed by atoms with Gasteiger partial charge in [-0.15, -0.1) is 0 Å². The molecule has 0 radical (unpaired) electrons. The van der Waals surface area contributed by atoms with Crippen LogP contribution >= 0.6 is 0 Å². The van der Waals surface area contributed by atoms with Gasteiger partial charge in [0.05, 0.1) is 18.6 Å². The lowest BCUT2D eigenvalue weighted by atomic mass is 10.0. The molecular weight excluding hydrogens is 224 g/mol. The molecule has 0 heterocycles. The Morgan fingerprint density at radius 2 is 1.50 bits per heavy atom. The number of aliphatic hydroxyl groups excluding tert-OH is 4. The summed E-state index contributed by atoms with van der Waals surface area (Å²) in [7, 11) is 0. The number of aliphatic carboxylic acids is 2. The van der Waals surface area contributed by atoms with Crippen molar-refractivity contribution in [2.24, 2.45) is 0 Å². The molecule has 0 rings (SSSR count). The Balaban J connectivity index is 4.18. The van der Waals surface area contributed by atoms with Crippen LogP contribution in [0.25, 0.3) is 0 Å². The summed E-state index contributed by atoms with van der Waals surface area (Å²) in [4.78, 5) is 20.4. The fourth-order valence-corrected chi connectivity index (χ4v) is 1.06. The highest BCUT2D eigenvalue weighted by Gasteiger charge is 2.31. The van der Waals surface area contributed by atoms with Crippen LogP contribution in [0.1, 0.15) is 12.8 Å². The molecule has 4 atom stereocenters. The van der Waals surface area contributed by atoms with Gasteiger partial charge in [0.25, 0.3) is 0 Å². The topological polar surface area (TPSA) is 156 Å². The standard InChI is InChI=1S/C8H14O8/c9-3(2-5(11)12)1-4(10)6(13)7(14)8(15)16/h3-4,6-7,9-10,13-14H,1-2H2,(H,11,12)(H,15,16). The van der Waals surface area contributed by atoms with Crippen LogP contribution in [-0.2, 0) is 9.59 Å². The maximum atomic E-state index is 10.2. The lowest BCUT2D eigenvalue weighted by Gasteiger charge is -2.21. The number of hydrogen-bond donors (Lipinski definition) is 6. The lowest BCUT2D eigenvalue weighted by Crippen LogP contribution is -2.43. The van der Waals surface area contributed by atoms with Crippen molar-refractivity contribution in [3.63, 3.8) is 0 Å². The Hall–Kier alpha value is -1.22. The highest BCUT2D eigenvalue weighted by atomic mass is 16.4. The molecule has 0 amide bonds. The third-order valence-corrected chi connectivity index (χ3v) is 1.89. The van der Waals surface area contributed by atoms with Crippen LogP contribution in [0.2, 0.25) is 0 Å². The van der Waals surface area contributed by atoms with E-state index >= 15 is 0 Å². The molecule has 94 valence electrons. The summed E-state index contributed by atoms with van der Waals surface area (Å²) in [5.74, 6) is -3.02. The molecular formula is C8H14O8. The van der Waals surface area contributed by atoms with Gasteiger partial charge >= 0.3 is 11.9 Å². The van der Waals surface area contributed by atoms with Crippen LogP contribution in [-0.4, -0.2) is 67.0 Å². The molecule has 0 aliphatic carbocycles. The third kappa shape index (κ3) is 5.03. The van der Waals surface area contributed by atoms with Gasteiger partial charge in [-0.1, -0.05) is 0 Å². The quantitative estimate of drug-likeness (QED) is 0.281. The Labute approximate surface area is 90.4 Å². The van der Waals surface area contributed by atoms with Crippen molar-refractivity contribution in [2.75, 3.05) is 0 Å². The van der Waals surface area contributed by atoms with Gasteiger partial charge in [-0.05, 0) is 0 Å². The molecule has 16 heavy (non-hydrogen) atoms. The van der Waals surface area contributed by atoms with E-state index in [0.29, 0.717) is 0 Å². The molecule has 0 aromatic carbocycles. The Morgan fingerprint density at radius 3 is 1.88 bits per heavy atom. The van der Waals surface area contributed by atoms with Crippen molar-refractivity contribution >= 4 is 11.9 Å². The second-order valence-electron chi connectivity index (χ2n) is 3.33. The maximum absolute atomic E-state index is 10.2. The summed E-state index contributed by atoms with van der Waals surface area (Å²) in [6.45, 7) is 0. The van der Waals surface area contributed by atoms with E-state index in [0.717, 1.165) is 0 Å². The molecule has 8 heteroatoms. The van der Waals surface area contributed by atoms with E-state index in [-0.39, 0.29) is 0 Å². The molecule has 0 spiro atoms. The van der Waals surface area contributed by atoms with Gasteiger partial charge < -0.3 is 30.6 Å². The molecule has 0 aliphatic heterocycles. The number of carboxylic acids is 2. The molecule has 0 saturated heterocycles. The highest BCUT2D eigenvalue weighted by Crippen LogP contribution is 2.09. The lowest BCUT2D eigenvalue weighted by molar-refractivity contribution is -0.159. The van der Waals surface area contributed by atoms with Gasteiger partial charge in [0.2, 0.25) is 0 Å². The summed E-state index contributed by atoms with van der Waals surface area (Å²) in [6, 6.07) is 0. The van der Waals surface area contributed by atoms with Crippen molar-refractivity contribution in [2.45, 2.75) is 37.3 Å². The van der Waals surface area contributed by atoms with E-state index in [1.165, 1.54) is 0 Å². The number of aliphatic hydroxyl groups is 4. The first-order valence-electron chi connectivity index (χ1n) is 4.42. The van der Waals surface area contributed by atoms with Crippen molar-refractivity contribution < 1.29 is 40.2 Å². The summed E-state index contributed by atoms with van der Waals surface area (Å²) in [6.07, 6.45) is -8.51. The maximum Gasteiger partial charge on any atom is 0.335 e. The fraction of sp³-hybridized carbons (Fsp3) is 0.750. The average molecular weight is 238 g/mol. The van der Waals surface area contributed by atoms with Crippen molar-refractivity contribution in [1.29, 1.82) is 0 Å². The third-order valence-electron chi connectivity index (χ3n) is 1.89. The Kier molecular flexibility index (Phi) is 5.89. The van der Waals surface area contributed by atoms with Crippen molar-refractivity contribution in [1.82, 2.24) is 0 Å². The van der Waals surface area contributed by atoms with Gasteiger partial charge in [-0.25, -0.2) is 4.79 Å². The van der Waals surface area contributed by atoms with Gasteiger partial charge in [0.15, 0.2) is 6.10 Å². The smallest absolute Gasteiger partial charge is 0.335 e. The van der Waals surface area contributed by atoms with Crippen molar-refractivity contribution in [3.8, 4) is 0 Å². The van der Waals surface area contributed by atoms with Gasteiger partial charge in [0, 0.05) is 6.42 Å². The second kappa shape index (κ2) is 6.38. The second-order valence-corrected chi connectivity index (χ2v) is 3.33. The van der Waals surface area contributed by atoms with Crippen LogP contribution in [0.4, 0.5) is 0 Å². The van der Waals surface area contributed by atoms with E-state index in [1.807, 2.05) is 0 Å². The minimum absolute atomic E-state index is 0.544. The van der Waals surface area contributed by atoms with Crippen LogP contribution in [0.3, 0.4) is 0 Å². The SMILES string of the molecule is O=C(O)CC(O)CC(O)C(O)C(O)C(=O)O. The van der Waals surface area contributed by atoms with E-state index in [1.54, 1.807) is 0 Å². The van der Waals surface area contributed by atoms with Crippen LogP contribution in [0.5, 0.6) is 0 Å². The summed E-state index contributed by atoms with van der Waals surface area (Å²) in [5.41, 5.74) is 0. The minimum Gasteiger partial charge on any atom is -0.481 e. The average Bonchev–Trinajstić information content (AvgIpc) is 2.13. The first kappa shape index (κ1) is 14.8. The summed E-state index contributed by atoms with van der Waals surface area (Å²) in [5, 5.41) is 52.8. The molecule has 8 nitrogen and oxygen atoms in total. The van der Waals surface area contributed by atoms with E-state index in [4.69, 9.17) is 25.5 Å². The Bertz CT molecular complexity index is 252. The first-order chi connectivity index (χ1) is 7.25. The molecule has 6 N–H and O–H groups in total. The van der Waals surface area contributed by atoms with Gasteiger partial charge in [-0.2, -0.15) is 0 Å². The normalized spacial score (nSPS) is 18.5. The van der Waals surface area contributed by atoms with E-state index in [2.05, 4.69) is 0 Å². The predicted octanol–water partition coefficient (Wildman–Crippen LogP) is -2.62. The fourth-order valence-electron chi connectivity index (χ4n) is 1.06. The van der Waals surface area contributed by atoms with Crippen molar-refractivity contribution in [3.05, 3.63) is 0 Å². The minimum atomic E-state index is -2.19. The molecule has 0 aromatic heterocycles. The first-order valence-corrected chi connectivity index (χ1v) is 4.42. The molecule has 0 aromatic rings. The zero-order chi connectivity index (χ0) is 12.9. The van der Waals surface area contributed by atoms with Crippen LogP contribution in [0.15, 0.2) is 0 Å². The number of carbonyl (C=O) groups is 2. The molecule has 0 saturated carbocycles. The van der Waals surface area contributed by atoms with Gasteiger partial charge in [-0.3, -0.25) is 4.79 Å². The van der Waals surface area contributed by atoms with Crippen LogP contribution in [0, 0.1) is 0 Å². The molecule has 0 fully saturated rings. The Morgan fingerprint density at radius 1 is 1.00 bits per heavy atom. The monoisotopic (exact) mass is 238 g/mol. The predicted molar refractivity (Wildman–Crippen MR) is 48.5 cm³/mol. The molecule has 0 aliphatic rings. The van der Waals surface area contributed by atoms with Gasteiger partial charge in [0.1, 0.15) is 6.10 Å². The number of rotatable bonds is 7. The molecule has 0 bridgehead atoms. The number of hydrogen-bond acceptors (Lipinski definition) is 6. The largest absolute Gasteiger partial charge is 0.481 e. The zero-order valence-corrected chi connectivity index (χ0v) is 8.22.